The van der Waals surface area contributed by atoms with E-state index in [1.54, 1.807) is 18.2 Å². The molecule has 0 aliphatic carbocycles. The third-order valence-corrected chi connectivity index (χ3v) is 5.71. The molecule has 4 aromatic rings. The van der Waals surface area contributed by atoms with Gasteiger partial charge in [0.05, 0.1) is 16.6 Å². The van der Waals surface area contributed by atoms with Gasteiger partial charge < -0.3 is 9.72 Å². The quantitative estimate of drug-likeness (QED) is 0.392. The minimum atomic E-state index is -0.316. The fourth-order valence-electron chi connectivity index (χ4n) is 3.29. The predicted octanol–water partition coefficient (Wildman–Crippen LogP) is 4.54. The zero-order valence-corrected chi connectivity index (χ0v) is 18.6. The second-order valence-electron chi connectivity index (χ2n) is 7.41. The lowest BCUT2D eigenvalue weighted by molar-refractivity contribution is -0.121. The highest BCUT2D eigenvalue weighted by atomic mass is 32.1. The molecule has 2 aromatic carbocycles. The molecule has 2 N–H and O–H groups in total. The van der Waals surface area contributed by atoms with Gasteiger partial charge in [-0.05, 0) is 30.5 Å². The van der Waals surface area contributed by atoms with Crippen LogP contribution < -0.4 is 10.9 Å². The van der Waals surface area contributed by atoms with Crippen molar-refractivity contribution < 1.29 is 9.53 Å². The van der Waals surface area contributed by atoms with Gasteiger partial charge in [0.15, 0.2) is 5.13 Å². The molecule has 1 amide bonds. The van der Waals surface area contributed by atoms with Crippen LogP contribution in [0.3, 0.4) is 0 Å². The first-order valence-electron chi connectivity index (χ1n) is 10.5. The topological polar surface area (TPSA) is 97.0 Å². The van der Waals surface area contributed by atoms with E-state index in [-0.39, 0.29) is 24.7 Å². The number of nitrogens with one attached hydrogen (secondary N) is 2. The van der Waals surface area contributed by atoms with Crippen molar-refractivity contribution in [2.24, 2.45) is 0 Å². The molecule has 0 aliphatic rings. The van der Waals surface area contributed by atoms with E-state index in [1.807, 2.05) is 11.4 Å². The van der Waals surface area contributed by atoms with Gasteiger partial charge in [0.1, 0.15) is 19.0 Å². The maximum atomic E-state index is 12.2. The first kappa shape index (κ1) is 21.9. The number of carbonyl (C=O) groups is 1. The number of rotatable bonds is 9. The number of aryl methyl sites for hydroxylation is 1. The van der Waals surface area contributed by atoms with E-state index in [4.69, 9.17) is 4.74 Å². The number of amides is 1. The van der Waals surface area contributed by atoms with Crippen LogP contribution in [0, 0.1) is 0 Å². The fourth-order valence-corrected chi connectivity index (χ4v) is 4.02. The standard InChI is InChI=1S/C24H24N4O3S/c1-2-3-6-16-9-11-17(12-10-16)20-15-32-24(26-20)28-22(29)14-31-13-21-25-19-8-5-4-7-18(19)23(30)27-21/h4-5,7-12,15H,2-3,6,13-14H2,1H3,(H,25,27,30)(H,26,28,29). The summed E-state index contributed by atoms with van der Waals surface area (Å²) < 4.78 is 5.43. The number of aromatic amines is 1. The summed E-state index contributed by atoms with van der Waals surface area (Å²) in [5, 5.41) is 5.70. The molecule has 32 heavy (non-hydrogen) atoms. The molecule has 0 saturated carbocycles. The Morgan fingerprint density at radius 2 is 1.94 bits per heavy atom. The molecule has 8 heteroatoms. The first-order chi connectivity index (χ1) is 15.6. The van der Waals surface area contributed by atoms with Gasteiger partial charge in [0.2, 0.25) is 0 Å². The van der Waals surface area contributed by atoms with Crippen molar-refractivity contribution in [3.63, 3.8) is 0 Å². The van der Waals surface area contributed by atoms with E-state index in [9.17, 15) is 9.59 Å². The first-order valence-corrected chi connectivity index (χ1v) is 11.4. The smallest absolute Gasteiger partial charge is 0.258 e. The van der Waals surface area contributed by atoms with E-state index in [0.29, 0.717) is 21.9 Å². The molecule has 0 atom stereocenters. The summed E-state index contributed by atoms with van der Waals surface area (Å²) in [6, 6.07) is 15.5. The van der Waals surface area contributed by atoms with E-state index in [2.05, 4.69) is 51.5 Å². The molecule has 2 aromatic heterocycles. The number of fused-ring (bicyclic) bond motifs is 1. The Kier molecular flexibility index (Phi) is 7.03. The molecular formula is C24H24N4O3S. The molecule has 0 bridgehead atoms. The van der Waals surface area contributed by atoms with Crippen molar-refractivity contribution in [2.75, 3.05) is 11.9 Å². The summed E-state index contributed by atoms with van der Waals surface area (Å²) in [5.41, 5.74) is 3.52. The molecule has 0 aliphatic heterocycles. The Hall–Kier alpha value is -3.36. The summed E-state index contributed by atoms with van der Waals surface area (Å²) in [7, 11) is 0. The average Bonchev–Trinajstić information content (AvgIpc) is 3.26. The highest BCUT2D eigenvalue weighted by molar-refractivity contribution is 7.14. The Morgan fingerprint density at radius 1 is 1.12 bits per heavy atom. The van der Waals surface area contributed by atoms with Crippen LogP contribution in [0.5, 0.6) is 0 Å². The van der Waals surface area contributed by atoms with Crippen LogP contribution in [0.1, 0.15) is 31.2 Å². The molecule has 2 heterocycles. The second-order valence-corrected chi connectivity index (χ2v) is 8.27. The van der Waals surface area contributed by atoms with E-state index in [1.165, 1.54) is 29.7 Å². The molecule has 0 unspecified atom stereocenters. The van der Waals surface area contributed by atoms with Gasteiger partial charge in [-0.15, -0.1) is 11.3 Å². The van der Waals surface area contributed by atoms with Crippen LogP contribution >= 0.6 is 11.3 Å². The molecule has 0 spiro atoms. The average molecular weight is 449 g/mol. The molecule has 7 nitrogen and oxygen atoms in total. The van der Waals surface area contributed by atoms with Crippen LogP contribution in [-0.2, 0) is 22.6 Å². The van der Waals surface area contributed by atoms with E-state index in [0.717, 1.165) is 17.7 Å². The van der Waals surface area contributed by atoms with E-state index < -0.39 is 0 Å². The van der Waals surface area contributed by atoms with E-state index >= 15 is 0 Å². The number of H-pyrrole nitrogens is 1. The molecule has 4 rings (SSSR count). The maximum absolute atomic E-state index is 12.2. The lowest BCUT2D eigenvalue weighted by Crippen LogP contribution is -2.19. The van der Waals surface area contributed by atoms with Crippen LogP contribution in [0.4, 0.5) is 5.13 Å². The Bertz CT molecular complexity index is 1260. The number of hydrogen-bond acceptors (Lipinski definition) is 6. The van der Waals surface area contributed by atoms with Crippen LogP contribution in [0.25, 0.3) is 22.2 Å². The Balaban J connectivity index is 1.29. The van der Waals surface area contributed by atoms with Gasteiger partial charge in [-0.3, -0.25) is 14.9 Å². The van der Waals surface area contributed by atoms with Gasteiger partial charge in [-0.2, -0.15) is 0 Å². The SMILES string of the molecule is CCCCc1ccc(-c2csc(NC(=O)COCc3nc4ccccc4c(=O)[nH]3)n2)cc1. The summed E-state index contributed by atoms with van der Waals surface area (Å²) in [6.45, 7) is 2.05. The van der Waals surface area contributed by atoms with Gasteiger partial charge in [0.25, 0.3) is 11.5 Å². The van der Waals surface area contributed by atoms with Crippen molar-refractivity contribution in [3.05, 3.63) is 75.7 Å². The maximum Gasteiger partial charge on any atom is 0.258 e. The number of ether oxygens (including phenoxy) is 1. The molecule has 0 saturated heterocycles. The van der Waals surface area contributed by atoms with Crippen LogP contribution in [0.15, 0.2) is 58.7 Å². The zero-order valence-electron chi connectivity index (χ0n) is 17.8. The van der Waals surface area contributed by atoms with Crippen molar-refractivity contribution in [2.45, 2.75) is 32.8 Å². The van der Waals surface area contributed by atoms with Crippen LogP contribution in [-0.4, -0.2) is 27.5 Å². The normalized spacial score (nSPS) is 11.0. The lowest BCUT2D eigenvalue weighted by Gasteiger charge is -2.05. The summed E-state index contributed by atoms with van der Waals surface area (Å²) in [6.07, 6.45) is 3.44. The number of unbranched alkanes of at least 4 members (excludes halogenated alkanes) is 1. The largest absolute Gasteiger partial charge is 0.364 e. The van der Waals surface area contributed by atoms with Gasteiger partial charge in [-0.1, -0.05) is 49.7 Å². The van der Waals surface area contributed by atoms with Crippen LogP contribution in [0.2, 0.25) is 0 Å². The summed E-state index contributed by atoms with van der Waals surface area (Å²) in [4.78, 5) is 35.8. The van der Waals surface area contributed by atoms with Gasteiger partial charge in [0, 0.05) is 10.9 Å². The third kappa shape index (κ3) is 5.46. The van der Waals surface area contributed by atoms with Gasteiger partial charge in [-0.25, -0.2) is 9.97 Å². The third-order valence-electron chi connectivity index (χ3n) is 4.95. The number of thiazole rings is 1. The number of anilines is 1. The minimum Gasteiger partial charge on any atom is -0.364 e. The molecular weight excluding hydrogens is 424 g/mol. The highest BCUT2D eigenvalue weighted by Gasteiger charge is 2.10. The number of nitrogens with zero attached hydrogens (tertiary/aromatic N) is 2. The monoisotopic (exact) mass is 448 g/mol. The number of hydrogen-bond donors (Lipinski definition) is 2. The number of carbonyl (C=O) groups excluding carboxylic acids is 1. The second kappa shape index (κ2) is 10.3. The molecule has 0 radical (unpaired) electrons. The van der Waals surface area contributed by atoms with Crippen molar-refractivity contribution in [1.82, 2.24) is 15.0 Å². The number of aromatic nitrogens is 3. The number of para-hydroxylation sites is 1. The molecule has 0 fully saturated rings. The molecule has 164 valence electrons. The van der Waals surface area contributed by atoms with Crippen molar-refractivity contribution in [3.8, 4) is 11.3 Å². The Morgan fingerprint density at radius 3 is 2.75 bits per heavy atom. The zero-order chi connectivity index (χ0) is 22.3. The van der Waals surface area contributed by atoms with Crippen molar-refractivity contribution in [1.29, 1.82) is 0 Å². The number of benzene rings is 2. The van der Waals surface area contributed by atoms with Gasteiger partial charge >= 0.3 is 0 Å². The minimum absolute atomic E-state index is 0.0288. The fraction of sp³-hybridized carbons (Fsp3) is 0.250. The summed E-state index contributed by atoms with van der Waals surface area (Å²) >= 11 is 1.37. The highest BCUT2D eigenvalue weighted by Crippen LogP contribution is 2.25. The summed E-state index contributed by atoms with van der Waals surface area (Å²) in [5.74, 6) is 0.0596. The predicted molar refractivity (Wildman–Crippen MR) is 127 cm³/mol. The van der Waals surface area contributed by atoms with Crippen molar-refractivity contribution >= 4 is 33.3 Å². The Labute approximate surface area is 189 Å². The lowest BCUT2D eigenvalue weighted by atomic mass is 10.1.